The fourth-order valence-corrected chi connectivity index (χ4v) is 2.40. The summed E-state index contributed by atoms with van der Waals surface area (Å²) in [5.74, 6) is -0.175. The van der Waals surface area contributed by atoms with Crippen LogP contribution in [0.1, 0.15) is 17.4 Å². The van der Waals surface area contributed by atoms with Gasteiger partial charge in [-0.15, -0.1) is 0 Å². The molecule has 1 amide bonds. The molecule has 9 heteroatoms. The summed E-state index contributed by atoms with van der Waals surface area (Å²) < 4.78 is 28.4. The molecule has 0 spiro atoms. The van der Waals surface area contributed by atoms with Crippen LogP contribution in [0.25, 0.3) is 0 Å². The lowest BCUT2D eigenvalue weighted by molar-refractivity contribution is 0.102. The Labute approximate surface area is 138 Å². The average molecular weight is 356 g/mol. The summed E-state index contributed by atoms with van der Waals surface area (Å²) in [6, 6.07) is 6.83. The van der Waals surface area contributed by atoms with E-state index in [1.807, 2.05) is 6.92 Å². The van der Waals surface area contributed by atoms with Crippen LogP contribution in [0.2, 0.25) is 5.02 Å². The van der Waals surface area contributed by atoms with Crippen LogP contribution < -0.4 is 10.1 Å². The smallest absolute Gasteiger partial charge is 0.276 e. The van der Waals surface area contributed by atoms with E-state index >= 15 is 0 Å². The van der Waals surface area contributed by atoms with Crippen molar-refractivity contribution >= 4 is 33.0 Å². The zero-order valence-corrected chi connectivity index (χ0v) is 14.0. The quantitative estimate of drug-likeness (QED) is 0.825. The normalized spacial score (nSPS) is 11.1. The number of anilines is 1. The summed E-state index contributed by atoms with van der Waals surface area (Å²) in [6.45, 7) is 2.25. The van der Waals surface area contributed by atoms with Crippen LogP contribution in [-0.2, 0) is 9.84 Å². The van der Waals surface area contributed by atoms with Gasteiger partial charge in [0.2, 0.25) is 15.0 Å². The molecule has 0 fully saturated rings. The Balaban J connectivity index is 2.35. The Morgan fingerprint density at radius 2 is 2.04 bits per heavy atom. The number of aromatic nitrogens is 2. The van der Waals surface area contributed by atoms with Gasteiger partial charge in [-0.3, -0.25) is 4.79 Å². The van der Waals surface area contributed by atoms with Gasteiger partial charge in [0.25, 0.3) is 5.91 Å². The van der Waals surface area contributed by atoms with E-state index in [4.69, 9.17) is 16.3 Å². The SMILES string of the molecule is CCOc1ccccc1NC(=O)c1nc(S(C)(=O)=O)ncc1Cl. The highest BCUT2D eigenvalue weighted by molar-refractivity contribution is 7.90. The van der Waals surface area contributed by atoms with Crippen molar-refractivity contribution in [1.29, 1.82) is 0 Å². The van der Waals surface area contributed by atoms with E-state index in [2.05, 4.69) is 15.3 Å². The molecule has 0 bridgehead atoms. The molecule has 0 aliphatic rings. The van der Waals surface area contributed by atoms with Crippen molar-refractivity contribution in [2.75, 3.05) is 18.2 Å². The first kappa shape index (κ1) is 17.2. The van der Waals surface area contributed by atoms with Crippen LogP contribution in [0, 0.1) is 0 Å². The average Bonchev–Trinajstić information content (AvgIpc) is 2.48. The summed E-state index contributed by atoms with van der Waals surface area (Å²) in [6.07, 6.45) is 2.02. The number of halogens is 1. The second-order valence-electron chi connectivity index (χ2n) is 4.50. The number of ether oxygens (including phenoxy) is 1. The predicted octanol–water partition coefficient (Wildman–Crippen LogP) is 2.18. The number of amides is 1. The standard InChI is InChI=1S/C14H14ClN3O4S/c1-3-22-11-7-5-4-6-10(11)17-13(19)12-9(15)8-16-14(18-12)23(2,20)21/h4-8H,3H2,1-2H3,(H,17,19). The van der Waals surface area contributed by atoms with E-state index < -0.39 is 20.9 Å². The maximum Gasteiger partial charge on any atom is 0.276 e. The Kier molecular flexibility index (Phi) is 5.17. The summed E-state index contributed by atoms with van der Waals surface area (Å²) in [7, 11) is -3.65. The van der Waals surface area contributed by atoms with E-state index in [0.717, 1.165) is 12.5 Å². The van der Waals surface area contributed by atoms with Crippen LogP contribution in [0.15, 0.2) is 35.6 Å². The summed E-state index contributed by atoms with van der Waals surface area (Å²) in [5, 5.41) is 2.08. The minimum absolute atomic E-state index is 0.0520. The van der Waals surface area contributed by atoms with E-state index in [1.165, 1.54) is 0 Å². The molecule has 0 unspecified atom stereocenters. The highest BCUT2D eigenvalue weighted by Crippen LogP contribution is 2.25. The van der Waals surface area contributed by atoms with Crippen molar-refractivity contribution < 1.29 is 17.9 Å². The number of nitrogens with one attached hydrogen (secondary N) is 1. The zero-order valence-electron chi connectivity index (χ0n) is 12.4. The van der Waals surface area contributed by atoms with Gasteiger partial charge >= 0.3 is 0 Å². The second kappa shape index (κ2) is 6.93. The molecule has 1 aromatic carbocycles. The van der Waals surface area contributed by atoms with E-state index in [-0.39, 0.29) is 10.7 Å². The third kappa shape index (κ3) is 4.17. The van der Waals surface area contributed by atoms with Crippen LogP contribution in [0.4, 0.5) is 5.69 Å². The Morgan fingerprint density at radius 1 is 1.35 bits per heavy atom. The molecule has 2 rings (SSSR count). The van der Waals surface area contributed by atoms with Crippen molar-refractivity contribution in [1.82, 2.24) is 9.97 Å². The van der Waals surface area contributed by atoms with Gasteiger partial charge in [-0.05, 0) is 19.1 Å². The molecule has 1 heterocycles. The molecule has 0 radical (unpaired) electrons. The third-order valence-electron chi connectivity index (χ3n) is 2.70. The minimum atomic E-state index is -3.65. The van der Waals surface area contributed by atoms with Gasteiger partial charge in [-0.1, -0.05) is 23.7 Å². The van der Waals surface area contributed by atoms with Crippen molar-refractivity contribution in [3.05, 3.63) is 41.2 Å². The Bertz CT molecular complexity index is 840. The van der Waals surface area contributed by atoms with Gasteiger partial charge in [-0.25, -0.2) is 18.4 Å². The Hall–Kier alpha value is -2.19. The zero-order chi connectivity index (χ0) is 17.0. The van der Waals surface area contributed by atoms with Crippen LogP contribution >= 0.6 is 11.6 Å². The molecule has 0 aliphatic carbocycles. The predicted molar refractivity (Wildman–Crippen MR) is 85.7 cm³/mol. The Morgan fingerprint density at radius 3 is 2.70 bits per heavy atom. The lowest BCUT2D eigenvalue weighted by Crippen LogP contribution is -2.17. The van der Waals surface area contributed by atoms with Crippen LogP contribution in [0.3, 0.4) is 0 Å². The fourth-order valence-electron chi connectivity index (χ4n) is 1.72. The topological polar surface area (TPSA) is 98.2 Å². The molecule has 0 saturated carbocycles. The highest BCUT2D eigenvalue weighted by Gasteiger charge is 2.19. The fraction of sp³-hybridized carbons (Fsp3) is 0.214. The molecular weight excluding hydrogens is 342 g/mol. The summed E-state index contributed by atoms with van der Waals surface area (Å²) in [5.41, 5.74) is 0.198. The van der Waals surface area contributed by atoms with Crippen molar-refractivity contribution in [3.8, 4) is 5.75 Å². The van der Waals surface area contributed by atoms with E-state index in [9.17, 15) is 13.2 Å². The number of sulfone groups is 1. The van der Waals surface area contributed by atoms with E-state index in [1.54, 1.807) is 24.3 Å². The molecule has 23 heavy (non-hydrogen) atoms. The molecule has 7 nitrogen and oxygen atoms in total. The molecule has 0 aliphatic heterocycles. The summed E-state index contributed by atoms with van der Waals surface area (Å²) in [4.78, 5) is 19.7. The number of rotatable bonds is 5. The minimum Gasteiger partial charge on any atom is -0.492 e. The van der Waals surface area contributed by atoms with Crippen LogP contribution in [-0.4, -0.2) is 37.2 Å². The van der Waals surface area contributed by atoms with Gasteiger partial charge in [0.15, 0.2) is 5.69 Å². The van der Waals surface area contributed by atoms with Crippen LogP contribution in [0.5, 0.6) is 5.75 Å². The maximum atomic E-state index is 12.3. The molecule has 122 valence electrons. The van der Waals surface area contributed by atoms with E-state index in [0.29, 0.717) is 18.0 Å². The number of carbonyl (C=O) groups excluding carboxylic acids is 1. The molecule has 2 aromatic rings. The first-order valence-electron chi connectivity index (χ1n) is 6.58. The van der Waals surface area contributed by atoms with Crippen molar-refractivity contribution in [2.24, 2.45) is 0 Å². The monoisotopic (exact) mass is 355 g/mol. The van der Waals surface area contributed by atoms with Gasteiger partial charge in [0.05, 0.1) is 23.5 Å². The van der Waals surface area contributed by atoms with Gasteiger partial charge in [-0.2, -0.15) is 0 Å². The maximum absolute atomic E-state index is 12.3. The second-order valence-corrected chi connectivity index (χ2v) is 6.82. The molecule has 0 atom stereocenters. The molecule has 0 saturated heterocycles. The van der Waals surface area contributed by atoms with Crippen molar-refractivity contribution in [2.45, 2.75) is 12.1 Å². The number of hydrogen-bond donors (Lipinski definition) is 1. The number of carbonyl (C=O) groups is 1. The number of nitrogens with zero attached hydrogens (tertiary/aromatic N) is 2. The van der Waals surface area contributed by atoms with Crippen molar-refractivity contribution in [3.63, 3.8) is 0 Å². The highest BCUT2D eigenvalue weighted by atomic mass is 35.5. The number of benzene rings is 1. The third-order valence-corrected chi connectivity index (χ3v) is 3.84. The first-order chi connectivity index (χ1) is 10.8. The molecule has 1 N–H and O–H groups in total. The van der Waals surface area contributed by atoms with Gasteiger partial charge in [0, 0.05) is 6.26 Å². The molecular formula is C14H14ClN3O4S. The number of hydrogen-bond acceptors (Lipinski definition) is 6. The van der Waals surface area contributed by atoms with Gasteiger partial charge < -0.3 is 10.1 Å². The largest absolute Gasteiger partial charge is 0.492 e. The lowest BCUT2D eigenvalue weighted by atomic mass is 10.2. The number of para-hydroxylation sites is 2. The van der Waals surface area contributed by atoms with Gasteiger partial charge in [0.1, 0.15) is 5.75 Å². The lowest BCUT2D eigenvalue weighted by Gasteiger charge is -2.11. The first-order valence-corrected chi connectivity index (χ1v) is 8.85. The molecule has 1 aromatic heterocycles. The summed E-state index contributed by atoms with van der Waals surface area (Å²) >= 11 is 5.90.